The number of amides is 1. The Morgan fingerprint density at radius 3 is 2.79 bits per heavy atom. The number of hydrogen-bond donors (Lipinski definition) is 1. The summed E-state index contributed by atoms with van der Waals surface area (Å²) < 4.78 is 6.16. The van der Waals surface area contributed by atoms with E-state index in [1.54, 1.807) is 11.1 Å². The fraction of sp³-hybridized carbons (Fsp3) is 0.364. The Hall–Kier alpha value is -3.06. The Balaban J connectivity index is 1.52. The van der Waals surface area contributed by atoms with Crippen molar-refractivity contribution in [3.05, 3.63) is 76.6 Å². The van der Waals surface area contributed by atoms with E-state index < -0.39 is 0 Å². The number of aromatic nitrogens is 4. The maximum atomic E-state index is 13.2. The van der Waals surface area contributed by atoms with Gasteiger partial charge in [0, 0.05) is 24.9 Å². The number of rotatable bonds is 5. The molecular formula is C22H25N5O2. The van der Waals surface area contributed by atoms with Gasteiger partial charge in [-0.15, -0.1) is 0 Å². The lowest BCUT2D eigenvalue weighted by molar-refractivity contribution is 0.0437. The third-order valence-corrected chi connectivity index (χ3v) is 5.16. The fourth-order valence-electron chi connectivity index (χ4n) is 3.67. The van der Waals surface area contributed by atoms with Gasteiger partial charge in [-0.05, 0) is 38.5 Å². The van der Waals surface area contributed by atoms with Crippen LogP contribution in [-0.2, 0) is 11.3 Å². The van der Waals surface area contributed by atoms with Crippen molar-refractivity contribution in [2.75, 3.05) is 6.54 Å². The third-order valence-electron chi connectivity index (χ3n) is 5.16. The van der Waals surface area contributed by atoms with Gasteiger partial charge in [0.2, 0.25) is 0 Å². The molecule has 3 heterocycles. The molecule has 0 unspecified atom stereocenters. The van der Waals surface area contributed by atoms with Crippen LogP contribution in [0.25, 0.3) is 0 Å². The lowest BCUT2D eigenvalue weighted by atomic mass is 10.1. The molecule has 1 fully saturated rings. The lowest BCUT2D eigenvalue weighted by Gasteiger charge is -2.22. The van der Waals surface area contributed by atoms with Crippen molar-refractivity contribution in [1.82, 2.24) is 25.1 Å². The van der Waals surface area contributed by atoms with Crippen LogP contribution in [0.2, 0.25) is 0 Å². The van der Waals surface area contributed by atoms with Crippen LogP contribution in [0.3, 0.4) is 0 Å². The summed E-state index contributed by atoms with van der Waals surface area (Å²) in [4.78, 5) is 23.7. The molecule has 0 saturated carbocycles. The highest BCUT2D eigenvalue weighted by Crippen LogP contribution is 2.33. The number of aromatic amines is 1. The minimum Gasteiger partial charge on any atom is -0.372 e. The van der Waals surface area contributed by atoms with Crippen molar-refractivity contribution in [2.45, 2.75) is 45.9 Å². The molecule has 4 rings (SSSR count). The molecule has 0 bridgehead atoms. The van der Waals surface area contributed by atoms with E-state index in [9.17, 15) is 4.79 Å². The largest absolute Gasteiger partial charge is 0.372 e. The van der Waals surface area contributed by atoms with Crippen molar-refractivity contribution >= 4 is 5.91 Å². The van der Waals surface area contributed by atoms with Crippen LogP contribution in [0.15, 0.2) is 42.6 Å². The molecule has 0 aliphatic carbocycles. The van der Waals surface area contributed by atoms with E-state index in [0.29, 0.717) is 31.0 Å². The highest BCUT2D eigenvalue weighted by Gasteiger charge is 2.39. The first kappa shape index (κ1) is 19.3. The number of nitrogens with zero attached hydrogens (tertiary/aromatic N) is 4. The monoisotopic (exact) mass is 391 g/mol. The van der Waals surface area contributed by atoms with E-state index in [0.717, 1.165) is 17.1 Å². The van der Waals surface area contributed by atoms with Crippen LogP contribution in [0.5, 0.6) is 0 Å². The van der Waals surface area contributed by atoms with Gasteiger partial charge in [0.15, 0.2) is 5.82 Å². The molecule has 1 saturated heterocycles. The van der Waals surface area contributed by atoms with Gasteiger partial charge in [-0.1, -0.05) is 29.8 Å². The lowest BCUT2D eigenvalue weighted by Crippen LogP contribution is -2.32. The maximum Gasteiger partial charge on any atom is 0.256 e. The predicted octanol–water partition coefficient (Wildman–Crippen LogP) is 3.30. The summed E-state index contributed by atoms with van der Waals surface area (Å²) in [6.07, 6.45) is 2.20. The van der Waals surface area contributed by atoms with E-state index in [1.807, 2.05) is 32.0 Å². The van der Waals surface area contributed by atoms with Gasteiger partial charge in [-0.3, -0.25) is 14.9 Å². The van der Waals surface area contributed by atoms with Crippen LogP contribution < -0.4 is 0 Å². The highest BCUT2D eigenvalue weighted by atomic mass is 16.5. The quantitative estimate of drug-likeness (QED) is 0.721. The fourth-order valence-corrected chi connectivity index (χ4v) is 3.67. The summed E-state index contributed by atoms with van der Waals surface area (Å²) >= 11 is 0. The van der Waals surface area contributed by atoms with Gasteiger partial charge in [0.25, 0.3) is 5.91 Å². The number of carbonyl (C=O) groups excluding carboxylic acids is 1. The van der Waals surface area contributed by atoms with Crippen LogP contribution in [0.4, 0.5) is 0 Å². The summed E-state index contributed by atoms with van der Waals surface area (Å²) in [5, 5.41) is 7.18. The number of carbonyl (C=O) groups is 1. The molecule has 1 aliphatic rings. The first-order valence-electron chi connectivity index (χ1n) is 9.79. The summed E-state index contributed by atoms with van der Waals surface area (Å²) in [6, 6.07) is 11.7. The Kier molecular flexibility index (Phi) is 5.40. The topological polar surface area (TPSA) is 84.0 Å². The molecule has 150 valence electrons. The average Bonchev–Trinajstić information content (AvgIpc) is 3.33. The summed E-state index contributed by atoms with van der Waals surface area (Å²) in [5.41, 5.74) is 3.77. The Morgan fingerprint density at radius 2 is 2.10 bits per heavy atom. The molecular weight excluding hydrogens is 366 g/mol. The van der Waals surface area contributed by atoms with Crippen molar-refractivity contribution in [2.24, 2.45) is 0 Å². The molecule has 29 heavy (non-hydrogen) atoms. The normalized spacial score (nSPS) is 18.9. The molecule has 0 radical (unpaired) electrons. The first-order valence-corrected chi connectivity index (χ1v) is 9.79. The van der Waals surface area contributed by atoms with Crippen molar-refractivity contribution in [1.29, 1.82) is 0 Å². The van der Waals surface area contributed by atoms with Gasteiger partial charge in [0.05, 0.1) is 24.3 Å². The highest BCUT2D eigenvalue weighted by molar-refractivity contribution is 5.94. The zero-order valence-corrected chi connectivity index (χ0v) is 16.9. The summed E-state index contributed by atoms with van der Waals surface area (Å²) in [6.45, 7) is 6.83. The zero-order chi connectivity index (χ0) is 20.4. The van der Waals surface area contributed by atoms with E-state index in [-0.39, 0.29) is 18.1 Å². The zero-order valence-electron chi connectivity index (χ0n) is 16.9. The van der Waals surface area contributed by atoms with Gasteiger partial charge in [0.1, 0.15) is 5.82 Å². The molecule has 7 nitrogen and oxygen atoms in total. The van der Waals surface area contributed by atoms with Gasteiger partial charge >= 0.3 is 0 Å². The number of likely N-dealkylation sites (tertiary alicyclic amines) is 1. The molecule has 2 aromatic heterocycles. The van der Waals surface area contributed by atoms with E-state index in [1.165, 1.54) is 5.56 Å². The second kappa shape index (κ2) is 8.13. The van der Waals surface area contributed by atoms with E-state index >= 15 is 0 Å². The van der Waals surface area contributed by atoms with Crippen LogP contribution in [0, 0.1) is 20.8 Å². The molecule has 1 amide bonds. The predicted molar refractivity (Wildman–Crippen MR) is 108 cm³/mol. The molecule has 1 aromatic carbocycles. The molecule has 0 spiro atoms. The van der Waals surface area contributed by atoms with Crippen molar-refractivity contribution in [3.8, 4) is 0 Å². The number of nitrogens with one attached hydrogen (secondary N) is 1. The molecule has 3 aromatic rings. The number of ether oxygens (including phenoxy) is 1. The van der Waals surface area contributed by atoms with Crippen LogP contribution >= 0.6 is 0 Å². The number of H-pyrrole nitrogens is 1. The van der Waals surface area contributed by atoms with Crippen LogP contribution in [0.1, 0.15) is 51.3 Å². The van der Waals surface area contributed by atoms with Crippen LogP contribution in [-0.4, -0.2) is 43.6 Å². The number of benzene rings is 1. The summed E-state index contributed by atoms with van der Waals surface area (Å²) in [7, 11) is 0. The second-order valence-corrected chi connectivity index (χ2v) is 7.60. The van der Waals surface area contributed by atoms with Gasteiger partial charge < -0.3 is 9.64 Å². The average molecular weight is 391 g/mol. The number of hydrogen-bond acceptors (Lipinski definition) is 5. The van der Waals surface area contributed by atoms with E-state index in [2.05, 4.69) is 45.3 Å². The smallest absolute Gasteiger partial charge is 0.256 e. The molecule has 1 aliphatic heterocycles. The molecule has 2 atom stereocenters. The SMILES string of the molecule is Cc1cccc(CO[C@H]2C[C@@H](c3n[nH]c(C)n3)N(C(=O)c3ccc(C)nc3)C2)c1. The maximum absolute atomic E-state index is 13.2. The first-order chi connectivity index (χ1) is 14.0. The molecule has 7 heteroatoms. The standard InChI is InChI=1S/C22H25N5O2/c1-14-5-4-6-17(9-14)13-29-19-10-20(21-24-16(3)25-26-21)27(12-19)22(28)18-8-7-15(2)23-11-18/h4-9,11,19-20H,10,12-13H2,1-3H3,(H,24,25,26)/t19-,20-/m0/s1. The Labute approximate surface area is 170 Å². The summed E-state index contributed by atoms with van der Waals surface area (Å²) in [5.74, 6) is 1.28. The molecule has 1 N–H and O–H groups in total. The second-order valence-electron chi connectivity index (χ2n) is 7.60. The minimum absolute atomic E-state index is 0.0772. The number of pyridine rings is 1. The third kappa shape index (κ3) is 4.35. The van der Waals surface area contributed by atoms with Crippen molar-refractivity contribution in [3.63, 3.8) is 0 Å². The van der Waals surface area contributed by atoms with Crippen molar-refractivity contribution < 1.29 is 9.53 Å². The Morgan fingerprint density at radius 1 is 1.24 bits per heavy atom. The Bertz CT molecular complexity index is 998. The minimum atomic E-state index is -0.226. The number of aryl methyl sites for hydroxylation is 3. The van der Waals surface area contributed by atoms with Gasteiger partial charge in [-0.2, -0.15) is 5.10 Å². The van der Waals surface area contributed by atoms with E-state index in [4.69, 9.17) is 4.74 Å². The van der Waals surface area contributed by atoms with Gasteiger partial charge in [-0.25, -0.2) is 4.98 Å².